The van der Waals surface area contributed by atoms with Crippen molar-refractivity contribution in [2.24, 2.45) is 17.3 Å². The molecule has 8 rings (SSSR count). The predicted octanol–water partition coefficient (Wildman–Crippen LogP) is 7.46. The largest absolute Gasteiger partial charge is 0.497 e. The summed E-state index contributed by atoms with van der Waals surface area (Å²) in [4.78, 5) is 33.0. The molecule has 16 heteroatoms. The van der Waals surface area contributed by atoms with Crippen molar-refractivity contribution in [3.63, 3.8) is 0 Å². The highest BCUT2D eigenvalue weighted by Crippen LogP contribution is 2.48. The number of ether oxygens (including phenoxy) is 4. The van der Waals surface area contributed by atoms with Crippen LogP contribution in [0, 0.1) is 17.3 Å². The molecule has 3 saturated heterocycles. The predicted molar refractivity (Wildman–Crippen MR) is 255 cm³/mol. The van der Waals surface area contributed by atoms with Crippen molar-refractivity contribution in [1.29, 1.82) is 0 Å². The number of hydrogen-bond donors (Lipinski definition) is 3. The van der Waals surface area contributed by atoms with E-state index in [1.54, 1.807) is 23.5 Å². The Balaban J connectivity index is 0.968. The summed E-state index contributed by atoms with van der Waals surface area (Å²) in [6, 6.07) is 21.5. The topological polar surface area (TPSA) is 167 Å². The second-order valence-corrected chi connectivity index (χ2v) is 22.7. The van der Waals surface area contributed by atoms with Gasteiger partial charge in [-0.1, -0.05) is 58.0 Å². The number of rotatable bonds is 17. The molecule has 1 amide bonds. The minimum Gasteiger partial charge on any atom is -0.497 e. The Morgan fingerprint density at radius 1 is 1.00 bits per heavy atom. The number of carboxylic acids is 1. The number of hydrogen-bond acceptors (Lipinski definition) is 12. The van der Waals surface area contributed by atoms with Gasteiger partial charge < -0.3 is 44.3 Å². The summed E-state index contributed by atoms with van der Waals surface area (Å²) in [7, 11) is -0.474. The maximum absolute atomic E-state index is 14.0. The quantitative estimate of drug-likeness (QED) is 0.0958. The maximum Gasteiger partial charge on any atom is 0.407 e. The molecule has 4 heterocycles. The van der Waals surface area contributed by atoms with Gasteiger partial charge in [0.2, 0.25) is 10.0 Å². The normalized spacial score (nSPS) is 22.4. The summed E-state index contributed by atoms with van der Waals surface area (Å²) >= 11 is 1.63. The van der Waals surface area contributed by atoms with Gasteiger partial charge >= 0.3 is 12.1 Å². The number of aromatic carboxylic acids is 1. The lowest BCUT2D eigenvalue weighted by Gasteiger charge is -2.47. The van der Waals surface area contributed by atoms with Crippen molar-refractivity contribution < 1.29 is 47.2 Å². The number of amides is 1. The molecule has 4 aromatic rings. The first-order chi connectivity index (χ1) is 31.4. The number of nitrogens with zero attached hydrogens (tertiary/aromatic N) is 3. The van der Waals surface area contributed by atoms with Gasteiger partial charge in [0, 0.05) is 55.0 Å². The van der Waals surface area contributed by atoms with Crippen molar-refractivity contribution in [2.45, 2.75) is 102 Å². The number of sulfonamides is 1. The molecule has 3 fully saturated rings. The summed E-state index contributed by atoms with van der Waals surface area (Å²) < 4.78 is 52.2. The fourth-order valence-electron chi connectivity index (χ4n) is 9.93. The van der Waals surface area contributed by atoms with E-state index in [4.69, 9.17) is 18.9 Å². The number of likely N-dealkylation sites (N-methyl/N-ethyl adjacent to an activating group) is 1. The van der Waals surface area contributed by atoms with Crippen LogP contribution < -0.4 is 19.9 Å². The van der Waals surface area contributed by atoms with Crippen molar-refractivity contribution in [3.8, 4) is 16.2 Å². The van der Waals surface area contributed by atoms with Crippen LogP contribution in [0.15, 0.2) is 77.7 Å². The molecule has 3 N–H and O–H groups in total. The molecule has 0 bridgehead atoms. The SMILES string of the molecule is COc1ccc(S(=O)(=O)N(CC(C)C)C[C@@H](O)[C@H](Cc2ccc(N(C)C3CN(c4ccccc4-c4sc5c(c4C(=O)O)CC(C)(C)CC5)C3)cc2)NC(=O)O[C@H]2CO[C@@]3(C)OCC[C@@H]23)cc1. The van der Waals surface area contributed by atoms with Gasteiger partial charge in [-0.2, -0.15) is 4.31 Å². The number of nitrogens with one attached hydrogen (secondary N) is 1. The zero-order valence-corrected chi connectivity index (χ0v) is 40.6. The number of carbonyl (C=O) groups excluding carboxylic acids is 1. The lowest BCUT2D eigenvalue weighted by molar-refractivity contribution is -0.181. The smallest absolute Gasteiger partial charge is 0.407 e. The van der Waals surface area contributed by atoms with Gasteiger partial charge in [0.25, 0.3) is 0 Å². The van der Waals surface area contributed by atoms with E-state index in [0.717, 1.165) is 65.3 Å². The molecule has 14 nitrogen and oxygen atoms in total. The first-order valence-electron chi connectivity index (χ1n) is 23.0. The molecule has 0 spiro atoms. The van der Waals surface area contributed by atoms with E-state index < -0.39 is 46.1 Å². The maximum atomic E-state index is 14.0. The average Bonchev–Trinajstić information content (AvgIpc) is 3.93. The molecule has 5 atom stereocenters. The molecule has 1 aliphatic carbocycles. The number of methoxy groups -OCH3 is 1. The minimum atomic E-state index is -4.04. The highest BCUT2D eigenvalue weighted by atomic mass is 32.2. The Hall–Kier alpha value is -4.71. The van der Waals surface area contributed by atoms with Crippen LogP contribution in [0.4, 0.5) is 16.2 Å². The van der Waals surface area contributed by atoms with Crippen molar-refractivity contribution in [2.75, 3.05) is 63.4 Å². The summed E-state index contributed by atoms with van der Waals surface area (Å²) in [6.45, 7) is 12.2. The van der Waals surface area contributed by atoms with E-state index in [2.05, 4.69) is 42.1 Å². The number of aryl methyl sites for hydroxylation is 1. The zero-order valence-electron chi connectivity index (χ0n) is 39.0. The number of aliphatic hydroxyl groups is 1. The average molecular weight is 945 g/mol. The van der Waals surface area contributed by atoms with Crippen molar-refractivity contribution in [3.05, 3.63) is 94.4 Å². The molecule has 1 aromatic heterocycles. The minimum absolute atomic E-state index is 0.0576. The number of alkyl carbamates (subject to hydrolysis) is 1. The van der Waals surface area contributed by atoms with Crippen LogP contribution in [0.25, 0.3) is 10.4 Å². The third-order valence-electron chi connectivity index (χ3n) is 13.8. The van der Waals surface area contributed by atoms with E-state index >= 15 is 0 Å². The Morgan fingerprint density at radius 2 is 1.71 bits per heavy atom. The lowest BCUT2D eigenvalue weighted by Crippen LogP contribution is -2.59. The molecule has 4 aliphatic rings. The van der Waals surface area contributed by atoms with Gasteiger partial charge in [-0.15, -0.1) is 11.3 Å². The Bertz CT molecular complexity index is 2490. The third-order valence-corrected chi connectivity index (χ3v) is 17.0. The van der Waals surface area contributed by atoms with Crippen LogP contribution in [0.3, 0.4) is 0 Å². The van der Waals surface area contributed by atoms with Crippen molar-refractivity contribution in [1.82, 2.24) is 9.62 Å². The fourth-order valence-corrected chi connectivity index (χ4v) is 12.9. The number of para-hydroxylation sites is 1. The van der Waals surface area contributed by atoms with Gasteiger partial charge in [-0.05, 0) is 104 Å². The van der Waals surface area contributed by atoms with Gasteiger partial charge in [0.05, 0.1) is 59.8 Å². The number of fused-ring (bicyclic) bond motifs is 2. The second-order valence-electron chi connectivity index (χ2n) is 19.6. The molecule has 0 unspecified atom stereocenters. The third kappa shape index (κ3) is 9.95. The van der Waals surface area contributed by atoms with Crippen molar-refractivity contribution >= 4 is 44.8 Å². The van der Waals surface area contributed by atoms with Crippen LogP contribution in [0.1, 0.15) is 73.8 Å². The molecular formula is C50H64N4O10S2. The number of benzene rings is 3. The van der Waals surface area contributed by atoms with E-state index in [9.17, 15) is 28.2 Å². The summed E-state index contributed by atoms with van der Waals surface area (Å²) in [6.07, 6.45) is 1.00. The Morgan fingerprint density at radius 3 is 2.39 bits per heavy atom. The van der Waals surface area contributed by atoms with E-state index in [1.165, 1.54) is 28.4 Å². The number of carbonyl (C=O) groups is 2. The van der Waals surface area contributed by atoms with Crippen LogP contribution in [-0.4, -0.2) is 119 Å². The van der Waals surface area contributed by atoms with E-state index in [0.29, 0.717) is 24.3 Å². The zero-order chi connectivity index (χ0) is 47.1. The highest BCUT2D eigenvalue weighted by molar-refractivity contribution is 7.89. The molecule has 0 saturated carbocycles. The van der Waals surface area contributed by atoms with Gasteiger partial charge in [0.15, 0.2) is 5.79 Å². The molecule has 356 valence electrons. The standard InChI is InChI=1S/C50H64N4O10S2/c1-31(2)26-54(66(59,60)36-18-16-35(61-7)17-19-36)29-42(55)40(51-48(58)64-43-30-63-50(5)39(43)21-23-62-50)24-32-12-14-33(15-13-32)52(6)34-27-53(28-34)41-11-9-8-10-37(41)46-45(47(56)57)38-25-49(3,4)22-20-44(38)65-46/h8-19,31,34,39-40,42-43,55H,20-30H2,1-7H3,(H,51,58)(H,56,57)/t39-,40-,42+,43-,50+/m0/s1. The molecule has 3 aromatic carbocycles. The molecular weight excluding hydrogens is 881 g/mol. The highest BCUT2D eigenvalue weighted by Gasteiger charge is 2.53. The first-order valence-corrected chi connectivity index (χ1v) is 25.2. The Labute approximate surface area is 392 Å². The van der Waals surface area contributed by atoms with E-state index in [-0.39, 0.29) is 54.3 Å². The van der Waals surface area contributed by atoms with Crippen LogP contribution in [-0.2, 0) is 43.5 Å². The molecule has 0 radical (unpaired) electrons. The summed E-state index contributed by atoms with van der Waals surface area (Å²) in [5, 5.41) is 25.3. The second kappa shape index (κ2) is 19.1. The lowest BCUT2D eigenvalue weighted by atomic mass is 9.76. The van der Waals surface area contributed by atoms with Crippen LogP contribution in [0.5, 0.6) is 5.75 Å². The molecule has 3 aliphatic heterocycles. The monoisotopic (exact) mass is 944 g/mol. The van der Waals surface area contributed by atoms with Gasteiger partial charge in [-0.25, -0.2) is 18.0 Å². The number of aliphatic hydroxyl groups excluding tert-OH is 1. The first kappa shape index (κ1) is 47.8. The van der Waals surface area contributed by atoms with Gasteiger partial charge in [-0.3, -0.25) is 0 Å². The number of carboxylic acid groups (broad SMARTS) is 1. The number of thiophene rings is 1. The summed E-state index contributed by atoms with van der Waals surface area (Å²) in [5.41, 5.74) is 5.31. The van der Waals surface area contributed by atoms with E-state index in [1.807, 2.05) is 63.2 Å². The van der Waals surface area contributed by atoms with Crippen LogP contribution >= 0.6 is 11.3 Å². The molecule has 66 heavy (non-hydrogen) atoms. The fraction of sp³-hybridized carbons (Fsp3) is 0.520. The van der Waals surface area contributed by atoms with Crippen LogP contribution in [0.2, 0.25) is 0 Å². The Kier molecular flexibility index (Phi) is 13.8. The van der Waals surface area contributed by atoms with Gasteiger partial charge in [0.1, 0.15) is 11.9 Å². The number of anilines is 2. The summed E-state index contributed by atoms with van der Waals surface area (Å²) in [5.74, 6) is -1.35.